The fourth-order valence-corrected chi connectivity index (χ4v) is 2.34. The molecular formula is C15H14FN3O. The van der Waals surface area contributed by atoms with Crippen molar-refractivity contribution < 1.29 is 9.13 Å². The van der Waals surface area contributed by atoms with Gasteiger partial charge in [-0.3, -0.25) is 4.57 Å². The van der Waals surface area contributed by atoms with Crippen LogP contribution in [0.3, 0.4) is 0 Å². The number of imidazole rings is 1. The lowest BCUT2D eigenvalue weighted by Crippen LogP contribution is -2.02. The first kappa shape index (κ1) is 12.5. The number of anilines is 1. The second-order valence-electron chi connectivity index (χ2n) is 4.57. The molecule has 1 heterocycles. The number of nitrogens with two attached hydrogens (primary N) is 1. The number of hydrogen-bond donors (Lipinski definition) is 1. The van der Waals surface area contributed by atoms with Crippen LogP contribution in [0, 0.1) is 12.7 Å². The minimum atomic E-state index is -0.376. The van der Waals surface area contributed by atoms with Crippen LogP contribution in [0.1, 0.15) is 5.56 Å². The predicted octanol–water partition coefficient (Wildman–Crippen LogP) is 3.06. The molecule has 3 rings (SSSR count). The summed E-state index contributed by atoms with van der Waals surface area (Å²) in [7, 11) is 1.62. The molecule has 5 heteroatoms. The molecule has 20 heavy (non-hydrogen) atoms. The van der Waals surface area contributed by atoms with Crippen LogP contribution in [0.4, 0.5) is 10.3 Å². The van der Waals surface area contributed by atoms with Crippen LogP contribution < -0.4 is 10.5 Å². The van der Waals surface area contributed by atoms with Crippen LogP contribution in [0.2, 0.25) is 0 Å². The Morgan fingerprint density at radius 2 is 2.05 bits per heavy atom. The molecule has 0 saturated heterocycles. The van der Waals surface area contributed by atoms with E-state index in [1.807, 2.05) is 25.1 Å². The Hall–Kier alpha value is -2.56. The van der Waals surface area contributed by atoms with Gasteiger partial charge in [0.1, 0.15) is 11.3 Å². The molecule has 0 aliphatic carbocycles. The number of rotatable bonds is 2. The fourth-order valence-electron chi connectivity index (χ4n) is 2.34. The van der Waals surface area contributed by atoms with Crippen LogP contribution in [-0.2, 0) is 0 Å². The Morgan fingerprint density at radius 3 is 2.75 bits per heavy atom. The highest BCUT2D eigenvalue weighted by molar-refractivity contribution is 5.81. The number of halogens is 1. The molecule has 0 bridgehead atoms. The lowest BCUT2D eigenvalue weighted by Gasteiger charge is -2.11. The number of fused-ring (bicyclic) bond motifs is 1. The Balaban J connectivity index is 2.29. The van der Waals surface area contributed by atoms with Crippen LogP contribution >= 0.6 is 0 Å². The molecule has 1 aromatic heterocycles. The van der Waals surface area contributed by atoms with Gasteiger partial charge in [0.05, 0.1) is 18.3 Å². The molecule has 102 valence electrons. The average molecular weight is 271 g/mol. The number of nitrogen functional groups attached to an aromatic ring is 1. The standard InChI is InChI=1S/C15H14FN3O/c1-9-8-10(20-2)6-7-12(9)19-13-5-3-4-11(16)14(13)18-15(19)17/h3-8H,1-2H3,(H2,17,18). The molecule has 0 unspecified atom stereocenters. The number of aryl methyl sites for hydroxylation is 1. The number of aromatic nitrogens is 2. The first-order chi connectivity index (χ1) is 9.61. The normalized spacial score (nSPS) is 10.9. The number of methoxy groups -OCH3 is 1. The molecule has 2 aromatic carbocycles. The summed E-state index contributed by atoms with van der Waals surface area (Å²) < 4.78 is 20.7. The van der Waals surface area contributed by atoms with Gasteiger partial charge in [0.2, 0.25) is 5.95 Å². The molecule has 0 atom stereocenters. The molecule has 0 saturated carbocycles. The molecule has 0 aliphatic heterocycles. The Morgan fingerprint density at radius 1 is 1.25 bits per heavy atom. The smallest absolute Gasteiger partial charge is 0.206 e. The second-order valence-corrected chi connectivity index (χ2v) is 4.57. The third-order valence-corrected chi connectivity index (χ3v) is 3.31. The van der Waals surface area contributed by atoms with Gasteiger partial charge in [0.25, 0.3) is 0 Å². The molecule has 4 nitrogen and oxygen atoms in total. The summed E-state index contributed by atoms with van der Waals surface area (Å²) >= 11 is 0. The lowest BCUT2D eigenvalue weighted by atomic mass is 10.2. The third-order valence-electron chi connectivity index (χ3n) is 3.31. The maximum absolute atomic E-state index is 13.8. The van der Waals surface area contributed by atoms with Gasteiger partial charge in [0, 0.05) is 0 Å². The Labute approximate surface area is 115 Å². The van der Waals surface area contributed by atoms with Crippen molar-refractivity contribution in [2.75, 3.05) is 12.8 Å². The quantitative estimate of drug-likeness (QED) is 0.779. The summed E-state index contributed by atoms with van der Waals surface area (Å²) in [5, 5.41) is 0. The zero-order valence-corrected chi connectivity index (χ0v) is 11.2. The number of hydrogen-bond acceptors (Lipinski definition) is 3. The summed E-state index contributed by atoms with van der Waals surface area (Å²) in [4.78, 5) is 4.11. The molecule has 0 amide bonds. The van der Waals surface area contributed by atoms with Gasteiger partial charge in [0.15, 0.2) is 5.82 Å². The summed E-state index contributed by atoms with van der Waals surface area (Å²) in [6.07, 6.45) is 0. The zero-order chi connectivity index (χ0) is 14.3. The largest absolute Gasteiger partial charge is 0.497 e. The topological polar surface area (TPSA) is 53.1 Å². The second kappa shape index (κ2) is 4.52. The van der Waals surface area contributed by atoms with Gasteiger partial charge in [-0.15, -0.1) is 0 Å². The van der Waals surface area contributed by atoms with Crippen molar-refractivity contribution >= 4 is 17.0 Å². The number of ether oxygens (including phenoxy) is 1. The minimum Gasteiger partial charge on any atom is -0.497 e. The minimum absolute atomic E-state index is 0.262. The SMILES string of the molecule is COc1ccc(-n2c(N)nc3c(F)cccc32)c(C)c1. The molecular weight excluding hydrogens is 257 g/mol. The van der Waals surface area contributed by atoms with Gasteiger partial charge in [-0.1, -0.05) is 6.07 Å². The fraction of sp³-hybridized carbons (Fsp3) is 0.133. The van der Waals surface area contributed by atoms with Crippen molar-refractivity contribution in [2.45, 2.75) is 6.92 Å². The molecule has 3 aromatic rings. The third kappa shape index (κ3) is 1.79. The lowest BCUT2D eigenvalue weighted by molar-refractivity contribution is 0.414. The maximum Gasteiger partial charge on any atom is 0.206 e. The number of para-hydroxylation sites is 1. The zero-order valence-electron chi connectivity index (χ0n) is 11.2. The summed E-state index contributed by atoms with van der Waals surface area (Å²) in [6, 6.07) is 10.4. The van der Waals surface area contributed by atoms with E-state index in [1.165, 1.54) is 6.07 Å². The highest BCUT2D eigenvalue weighted by Gasteiger charge is 2.14. The van der Waals surface area contributed by atoms with Crippen molar-refractivity contribution in [3.63, 3.8) is 0 Å². The van der Waals surface area contributed by atoms with E-state index >= 15 is 0 Å². The van der Waals surface area contributed by atoms with Crippen LogP contribution in [0.5, 0.6) is 5.75 Å². The van der Waals surface area contributed by atoms with E-state index in [2.05, 4.69) is 4.98 Å². The molecule has 0 radical (unpaired) electrons. The van der Waals surface area contributed by atoms with E-state index in [0.717, 1.165) is 17.0 Å². The van der Waals surface area contributed by atoms with E-state index < -0.39 is 0 Å². The van der Waals surface area contributed by atoms with Crippen LogP contribution in [0.25, 0.3) is 16.7 Å². The van der Waals surface area contributed by atoms with Gasteiger partial charge in [-0.05, 0) is 42.8 Å². The number of nitrogens with zero attached hydrogens (tertiary/aromatic N) is 2. The molecule has 0 fully saturated rings. The van der Waals surface area contributed by atoms with E-state index in [1.54, 1.807) is 23.8 Å². The van der Waals surface area contributed by atoms with Gasteiger partial charge < -0.3 is 10.5 Å². The number of benzene rings is 2. The van der Waals surface area contributed by atoms with Crippen molar-refractivity contribution in [3.05, 3.63) is 47.8 Å². The van der Waals surface area contributed by atoms with Crippen LogP contribution in [0.15, 0.2) is 36.4 Å². The summed E-state index contributed by atoms with van der Waals surface area (Å²) in [5.74, 6) is 0.651. The molecule has 0 aliphatic rings. The molecule has 0 spiro atoms. The van der Waals surface area contributed by atoms with Crippen molar-refractivity contribution in [1.82, 2.24) is 9.55 Å². The summed E-state index contributed by atoms with van der Waals surface area (Å²) in [6.45, 7) is 1.95. The van der Waals surface area contributed by atoms with E-state index in [4.69, 9.17) is 10.5 Å². The first-order valence-corrected chi connectivity index (χ1v) is 6.19. The van der Waals surface area contributed by atoms with Crippen molar-refractivity contribution in [3.8, 4) is 11.4 Å². The van der Waals surface area contributed by atoms with Crippen molar-refractivity contribution in [1.29, 1.82) is 0 Å². The molecule has 2 N–H and O–H groups in total. The van der Waals surface area contributed by atoms with E-state index in [9.17, 15) is 4.39 Å². The maximum atomic E-state index is 13.8. The Kier molecular flexibility index (Phi) is 2.82. The predicted molar refractivity (Wildman–Crippen MR) is 76.7 cm³/mol. The first-order valence-electron chi connectivity index (χ1n) is 6.19. The van der Waals surface area contributed by atoms with E-state index in [-0.39, 0.29) is 17.3 Å². The highest BCUT2D eigenvalue weighted by Crippen LogP contribution is 2.28. The average Bonchev–Trinajstić information content (AvgIpc) is 2.77. The monoisotopic (exact) mass is 271 g/mol. The van der Waals surface area contributed by atoms with E-state index in [0.29, 0.717) is 5.52 Å². The van der Waals surface area contributed by atoms with Gasteiger partial charge in [-0.2, -0.15) is 0 Å². The summed E-state index contributed by atoms with van der Waals surface area (Å²) in [5.41, 5.74) is 8.70. The van der Waals surface area contributed by atoms with Gasteiger partial charge >= 0.3 is 0 Å². The van der Waals surface area contributed by atoms with Gasteiger partial charge in [-0.25, -0.2) is 9.37 Å². The van der Waals surface area contributed by atoms with Crippen molar-refractivity contribution in [2.24, 2.45) is 0 Å². The van der Waals surface area contributed by atoms with Crippen LogP contribution in [-0.4, -0.2) is 16.7 Å². The Bertz CT molecular complexity index is 795. The highest BCUT2D eigenvalue weighted by atomic mass is 19.1.